The van der Waals surface area contributed by atoms with E-state index in [1.807, 2.05) is 0 Å². The molecule has 21 heavy (non-hydrogen) atoms. The Morgan fingerprint density at radius 3 is 2.38 bits per heavy atom. The first-order valence-corrected chi connectivity index (χ1v) is 11.8. The van der Waals surface area contributed by atoms with Crippen molar-refractivity contribution >= 4 is 8.32 Å². The van der Waals surface area contributed by atoms with E-state index in [4.69, 9.17) is 4.43 Å². The molecule has 0 aromatic rings. The zero-order valence-electron chi connectivity index (χ0n) is 14.8. The van der Waals surface area contributed by atoms with Gasteiger partial charge in [-0.05, 0) is 62.1 Å². The predicted molar refractivity (Wildman–Crippen MR) is 89.8 cm³/mol. The van der Waals surface area contributed by atoms with Crippen molar-refractivity contribution in [1.29, 1.82) is 0 Å². The van der Waals surface area contributed by atoms with Gasteiger partial charge in [0.2, 0.25) is 0 Å². The van der Waals surface area contributed by atoms with Crippen LogP contribution in [0.2, 0.25) is 18.1 Å². The SMILES string of the molecule is CC(C)(C)[Si](C)(C)OC1CCC[C@H]2[C@@H]1[C@]1(C)CCC[C@]21O. The molecule has 122 valence electrons. The molecule has 2 nitrogen and oxygen atoms in total. The highest BCUT2D eigenvalue weighted by atomic mass is 28.4. The van der Waals surface area contributed by atoms with Crippen LogP contribution in [-0.2, 0) is 4.43 Å². The molecule has 3 heteroatoms. The first-order valence-electron chi connectivity index (χ1n) is 8.93. The minimum Gasteiger partial charge on any atom is -0.414 e. The van der Waals surface area contributed by atoms with Crippen molar-refractivity contribution < 1.29 is 9.53 Å². The van der Waals surface area contributed by atoms with Gasteiger partial charge in [0.15, 0.2) is 8.32 Å². The molecule has 0 aromatic carbocycles. The van der Waals surface area contributed by atoms with E-state index >= 15 is 0 Å². The molecule has 0 radical (unpaired) electrons. The average Bonchev–Trinajstić information content (AvgIpc) is 2.59. The minimum absolute atomic E-state index is 0.130. The summed E-state index contributed by atoms with van der Waals surface area (Å²) in [4.78, 5) is 0. The lowest BCUT2D eigenvalue weighted by atomic mass is 9.42. The third-order valence-corrected chi connectivity index (χ3v) is 12.2. The van der Waals surface area contributed by atoms with E-state index < -0.39 is 8.32 Å². The van der Waals surface area contributed by atoms with Gasteiger partial charge in [-0.3, -0.25) is 0 Å². The molecule has 5 atom stereocenters. The molecule has 3 fully saturated rings. The molecule has 3 rings (SSSR count). The molecule has 0 amide bonds. The Hall–Kier alpha value is 0.137. The number of fused-ring (bicyclic) bond motifs is 4. The summed E-state index contributed by atoms with van der Waals surface area (Å²) in [6, 6.07) is 0. The summed E-state index contributed by atoms with van der Waals surface area (Å²) in [5.74, 6) is 1.11. The van der Waals surface area contributed by atoms with Gasteiger partial charge in [0.1, 0.15) is 0 Å². The van der Waals surface area contributed by atoms with Gasteiger partial charge >= 0.3 is 0 Å². The molecule has 3 aliphatic rings. The molecule has 0 aliphatic heterocycles. The van der Waals surface area contributed by atoms with Gasteiger partial charge in [-0.25, -0.2) is 0 Å². The van der Waals surface area contributed by atoms with E-state index in [2.05, 4.69) is 40.8 Å². The molecule has 0 heterocycles. The smallest absolute Gasteiger partial charge is 0.192 e. The van der Waals surface area contributed by atoms with Crippen molar-refractivity contribution in [3.63, 3.8) is 0 Å². The molecule has 1 N–H and O–H groups in total. The van der Waals surface area contributed by atoms with Gasteiger partial charge < -0.3 is 9.53 Å². The second-order valence-electron chi connectivity index (χ2n) is 9.68. The summed E-state index contributed by atoms with van der Waals surface area (Å²) < 4.78 is 6.82. The van der Waals surface area contributed by atoms with Crippen LogP contribution in [0.5, 0.6) is 0 Å². The fraction of sp³-hybridized carbons (Fsp3) is 1.00. The Labute approximate surface area is 131 Å². The fourth-order valence-corrected chi connectivity index (χ4v) is 6.80. The highest BCUT2D eigenvalue weighted by Crippen LogP contribution is 2.71. The third-order valence-electron chi connectivity index (χ3n) is 7.68. The largest absolute Gasteiger partial charge is 0.414 e. The number of rotatable bonds is 2. The Morgan fingerprint density at radius 2 is 1.76 bits per heavy atom. The monoisotopic (exact) mass is 310 g/mol. The van der Waals surface area contributed by atoms with Crippen LogP contribution in [0.4, 0.5) is 0 Å². The van der Waals surface area contributed by atoms with E-state index in [0.717, 1.165) is 6.42 Å². The molecule has 0 bridgehead atoms. The van der Waals surface area contributed by atoms with Gasteiger partial charge in [-0.15, -0.1) is 0 Å². The lowest BCUT2D eigenvalue weighted by Gasteiger charge is -2.67. The zero-order valence-corrected chi connectivity index (χ0v) is 15.8. The zero-order chi connectivity index (χ0) is 15.7. The molecule has 0 saturated heterocycles. The standard InChI is InChI=1S/C18H34O2Si/c1-16(2,3)21(5,6)20-14-10-7-9-13-15(14)17(4)11-8-12-18(13,17)19/h13-15,19H,7-12H2,1-6H3/t13-,14?,15-,17-,18-/m0/s1. The van der Waals surface area contributed by atoms with Gasteiger partial charge in [-0.1, -0.05) is 34.1 Å². The van der Waals surface area contributed by atoms with Crippen LogP contribution in [-0.4, -0.2) is 25.1 Å². The first-order chi connectivity index (χ1) is 9.53. The maximum absolute atomic E-state index is 11.1. The summed E-state index contributed by atoms with van der Waals surface area (Å²) in [5, 5.41) is 11.4. The molecule has 0 spiro atoms. The first kappa shape index (κ1) is 16.0. The van der Waals surface area contributed by atoms with Crippen molar-refractivity contribution in [2.45, 2.75) is 96.1 Å². The average molecular weight is 311 g/mol. The van der Waals surface area contributed by atoms with Crippen molar-refractivity contribution in [3.05, 3.63) is 0 Å². The van der Waals surface area contributed by atoms with Crippen LogP contribution in [0.25, 0.3) is 0 Å². The molecule has 1 unspecified atom stereocenters. The minimum atomic E-state index is -1.71. The summed E-state index contributed by atoms with van der Waals surface area (Å²) in [6.07, 6.45) is 7.48. The summed E-state index contributed by atoms with van der Waals surface area (Å²) in [6.45, 7) is 14.1. The van der Waals surface area contributed by atoms with Crippen LogP contribution >= 0.6 is 0 Å². The van der Waals surface area contributed by atoms with Crippen LogP contribution < -0.4 is 0 Å². The molecule has 3 aliphatic carbocycles. The number of hydrogen-bond acceptors (Lipinski definition) is 2. The van der Waals surface area contributed by atoms with Crippen molar-refractivity contribution in [2.75, 3.05) is 0 Å². The second kappa shape index (κ2) is 4.58. The van der Waals surface area contributed by atoms with Gasteiger partial charge in [0.05, 0.1) is 5.60 Å². The molecular formula is C18H34O2Si. The Balaban J connectivity index is 1.82. The highest BCUT2D eigenvalue weighted by molar-refractivity contribution is 6.74. The van der Waals surface area contributed by atoms with E-state index in [1.54, 1.807) is 0 Å². The van der Waals surface area contributed by atoms with E-state index in [0.29, 0.717) is 17.9 Å². The number of hydrogen-bond donors (Lipinski definition) is 1. The van der Waals surface area contributed by atoms with Crippen LogP contribution in [0, 0.1) is 17.3 Å². The van der Waals surface area contributed by atoms with Gasteiger partial charge in [-0.2, -0.15) is 0 Å². The van der Waals surface area contributed by atoms with Crippen molar-refractivity contribution in [3.8, 4) is 0 Å². The normalized spacial score (nSPS) is 46.7. The Bertz CT molecular complexity index is 427. The van der Waals surface area contributed by atoms with Crippen LogP contribution in [0.1, 0.15) is 66.2 Å². The van der Waals surface area contributed by atoms with E-state index in [9.17, 15) is 5.11 Å². The Morgan fingerprint density at radius 1 is 1.10 bits per heavy atom. The maximum Gasteiger partial charge on any atom is 0.192 e. The predicted octanol–water partition coefficient (Wildman–Crippen LogP) is 4.73. The quantitative estimate of drug-likeness (QED) is 0.747. The summed E-state index contributed by atoms with van der Waals surface area (Å²) in [5.41, 5.74) is -0.238. The maximum atomic E-state index is 11.1. The van der Waals surface area contributed by atoms with Gasteiger partial charge in [0, 0.05) is 11.5 Å². The lowest BCUT2D eigenvalue weighted by molar-refractivity contribution is -0.274. The topological polar surface area (TPSA) is 29.5 Å². The van der Waals surface area contributed by atoms with Crippen LogP contribution in [0.15, 0.2) is 0 Å². The molecular weight excluding hydrogens is 276 g/mol. The summed E-state index contributed by atoms with van der Waals surface area (Å²) in [7, 11) is -1.71. The number of aliphatic hydroxyl groups is 1. The summed E-state index contributed by atoms with van der Waals surface area (Å²) >= 11 is 0. The van der Waals surface area contributed by atoms with Crippen molar-refractivity contribution in [1.82, 2.24) is 0 Å². The highest BCUT2D eigenvalue weighted by Gasteiger charge is 2.72. The van der Waals surface area contributed by atoms with Crippen molar-refractivity contribution in [2.24, 2.45) is 17.3 Å². The Kier molecular flexibility index (Phi) is 3.49. The second-order valence-corrected chi connectivity index (χ2v) is 14.4. The molecule has 0 aromatic heterocycles. The van der Waals surface area contributed by atoms with E-state index in [-0.39, 0.29) is 16.1 Å². The van der Waals surface area contributed by atoms with E-state index in [1.165, 1.54) is 32.1 Å². The third kappa shape index (κ3) is 2.03. The molecule has 3 saturated carbocycles. The lowest BCUT2D eigenvalue weighted by Crippen LogP contribution is -2.71. The van der Waals surface area contributed by atoms with Crippen LogP contribution in [0.3, 0.4) is 0 Å². The van der Waals surface area contributed by atoms with Gasteiger partial charge in [0.25, 0.3) is 0 Å². The fourth-order valence-electron chi connectivity index (χ4n) is 5.43.